The highest BCUT2D eigenvalue weighted by Gasteiger charge is 2.35. The second-order valence-corrected chi connectivity index (χ2v) is 5.10. The molecule has 1 aromatic carbocycles. The number of hydrogen-bond donors (Lipinski definition) is 1. The first-order valence-corrected chi connectivity index (χ1v) is 6.43. The Bertz CT molecular complexity index is 416. The molecule has 0 saturated carbocycles. The second kappa shape index (κ2) is 4.05. The first-order chi connectivity index (χ1) is 8.65. The summed E-state index contributed by atoms with van der Waals surface area (Å²) >= 11 is 0. The Morgan fingerprint density at radius 1 is 1.11 bits per heavy atom. The van der Waals surface area contributed by atoms with Gasteiger partial charge in [0.1, 0.15) is 18.0 Å². The van der Waals surface area contributed by atoms with Crippen LogP contribution in [0, 0.1) is 0 Å². The van der Waals surface area contributed by atoms with E-state index in [1.165, 1.54) is 0 Å². The van der Waals surface area contributed by atoms with Crippen molar-refractivity contribution in [2.24, 2.45) is 5.73 Å². The summed E-state index contributed by atoms with van der Waals surface area (Å²) < 4.78 is 17.4. The third kappa shape index (κ3) is 1.48. The zero-order chi connectivity index (χ0) is 12.9. The molecular formula is C14H19NO3. The van der Waals surface area contributed by atoms with Crippen LogP contribution in [-0.2, 0) is 19.4 Å². The zero-order valence-electron chi connectivity index (χ0n) is 11.1. The van der Waals surface area contributed by atoms with Crippen molar-refractivity contribution in [2.75, 3.05) is 7.11 Å². The number of rotatable bonds is 2. The molecule has 0 spiro atoms. The lowest BCUT2D eigenvalue weighted by molar-refractivity contribution is 0.242. The van der Waals surface area contributed by atoms with Gasteiger partial charge in [0, 0.05) is 36.1 Å². The van der Waals surface area contributed by atoms with E-state index in [1.54, 1.807) is 7.11 Å². The lowest BCUT2D eigenvalue weighted by Crippen LogP contribution is -2.09. The van der Waals surface area contributed by atoms with Gasteiger partial charge in [0.05, 0.1) is 7.11 Å². The summed E-state index contributed by atoms with van der Waals surface area (Å²) in [5, 5.41) is 0. The smallest absolute Gasteiger partial charge is 0.168 e. The summed E-state index contributed by atoms with van der Waals surface area (Å²) in [7, 11) is 1.69. The van der Waals surface area contributed by atoms with Gasteiger partial charge in [-0.25, -0.2) is 0 Å². The molecule has 2 N–H and O–H groups in total. The van der Waals surface area contributed by atoms with Gasteiger partial charge in [-0.15, -0.1) is 0 Å². The molecule has 0 fully saturated rings. The number of benzene rings is 1. The highest BCUT2D eigenvalue weighted by molar-refractivity contribution is 5.66. The molecule has 2 heterocycles. The van der Waals surface area contributed by atoms with E-state index in [2.05, 4.69) is 13.8 Å². The number of methoxy groups -OCH3 is 1. The van der Waals surface area contributed by atoms with Gasteiger partial charge in [-0.05, 0) is 13.8 Å². The molecule has 98 valence electrons. The topological polar surface area (TPSA) is 53.7 Å². The molecular weight excluding hydrogens is 230 g/mol. The molecule has 0 aromatic heterocycles. The SMILES string of the molecule is COc1c2c(c(CN)c3c1OC(C)C3)OC(C)C2. The predicted octanol–water partition coefficient (Wildman–Crippen LogP) is 1.80. The van der Waals surface area contributed by atoms with E-state index < -0.39 is 0 Å². The van der Waals surface area contributed by atoms with Gasteiger partial charge in [-0.3, -0.25) is 0 Å². The number of nitrogens with two attached hydrogens (primary N) is 1. The summed E-state index contributed by atoms with van der Waals surface area (Å²) in [6.45, 7) is 4.61. The van der Waals surface area contributed by atoms with Crippen molar-refractivity contribution in [3.8, 4) is 17.2 Å². The maximum atomic E-state index is 5.92. The molecule has 2 atom stereocenters. The van der Waals surface area contributed by atoms with E-state index in [0.717, 1.165) is 46.8 Å². The molecule has 0 aliphatic carbocycles. The van der Waals surface area contributed by atoms with Gasteiger partial charge in [-0.1, -0.05) is 0 Å². The van der Waals surface area contributed by atoms with E-state index >= 15 is 0 Å². The van der Waals surface area contributed by atoms with Crippen molar-refractivity contribution < 1.29 is 14.2 Å². The van der Waals surface area contributed by atoms with Crippen LogP contribution in [0.3, 0.4) is 0 Å². The molecule has 0 radical (unpaired) electrons. The molecule has 2 unspecified atom stereocenters. The molecule has 18 heavy (non-hydrogen) atoms. The maximum absolute atomic E-state index is 5.92. The molecule has 4 heteroatoms. The monoisotopic (exact) mass is 249 g/mol. The lowest BCUT2D eigenvalue weighted by atomic mass is 9.97. The minimum Gasteiger partial charge on any atom is -0.492 e. The van der Waals surface area contributed by atoms with E-state index in [0.29, 0.717) is 6.54 Å². The van der Waals surface area contributed by atoms with Crippen molar-refractivity contribution in [1.82, 2.24) is 0 Å². The Balaban J connectivity index is 2.24. The van der Waals surface area contributed by atoms with Crippen molar-refractivity contribution in [2.45, 2.75) is 45.4 Å². The van der Waals surface area contributed by atoms with Gasteiger partial charge in [-0.2, -0.15) is 0 Å². The van der Waals surface area contributed by atoms with Crippen LogP contribution in [0.15, 0.2) is 0 Å². The summed E-state index contributed by atoms with van der Waals surface area (Å²) in [6.07, 6.45) is 2.10. The van der Waals surface area contributed by atoms with E-state index in [4.69, 9.17) is 19.9 Å². The van der Waals surface area contributed by atoms with Crippen LogP contribution in [0.4, 0.5) is 0 Å². The van der Waals surface area contributed by atoms with E-state index in [1.807, 2.05) is 0 Å². The molecule has 0 bridgehead atoms. The molecule has 2 aliphatic heterocycles. The molecule has 1 aromatic rings. The summed E-state index contributed by atoms with van der Waals surface area (Å²) in [5.74, 6) is 2.64. The Morgan fingerprint density at radius 3 is 2.33 bits per heavy atom. The van der Waals surface area contributed by atoms with Crippen molar-refractivity contribution >= 4 is 0 Å². The Kier molecular flexibility index (Phi) is 2.63. The van der Waals surface area contributed by atoms with Crippen molar-refractivity contribution in [3.05, 3.63) is 16.7 Å². The Hall–Kier alpha value is -1.42. The lowest BCUT2D eigenvalue weighted by Gasteiger charge is -2.15. The minimum atomic E-state index is 0.180. The fourth-order valence-corrected chi connectivity index (χ4v) is 2.99. The van der Waals surface area contributed by atoms with Gasteiger partial charge < -0.3 is 19.9 Å². The van der Waals surface area contributed by atoms with Gasteiger partial charge in [0.25, 0.3) is 0 Å². The summed E-state index contributed by atoms with van der Waals surface area (Å²) in [5.41, 5.74) is 9.27. The summed E-state index contributed by atoms with van der Waals surface area (Å²) in [4.78, 5) is 0. The fraction of sp³-hybridized carbons (Fsp3) is 0.571. The predicted molar refractivity (Wildman–Crippen MR) is 68.5 cm³/mol. The van der Waals surface area contributed by atoms with Gasteiger partial charge in [0.15, 0.2) is 11.5 Å². The molecule has 0 amide bonds. The van der Waals surface area contributed by atoms with E-state index in [9.17, 15) is 0 Å². The third-order valence-electron chi connectivity index (χ3n) is 3.70. The minimum absolute atomic E-state index is 0.180. The highest BCUT2D eigenvalue weighted by atomic mass is 16.5. The van der Waals surface area contributed by atoms with Gasteiger partial charge >= 0.3 is 0 Å². The number of hydrogen-bond acceptors (Lipinski definition) is 4. The van der Waals surface area contributed by atoms with Crippen molar-refractivity contribution in [1.29, 1.82) is 0 Å². The number of fused-ring (bicyclic) bond motifs is 2. The van der Waals surface area contributed by atoms with Crippen LogP contribution in [-0.4, -0.2) is 19.3 Å². The van der Waals surface area contributed by atoms with E-state index in [-0.39, 0.29) is 12.2 Å². The maximum Gasteiger partial charge on any atom is 0.168 e. The average Bonchev–Trinajstić information content (AvgIpc) is 2.87. The van der Waals surface area contributed by atoms with Crippen LogP contribution in [0.1, 0.15) is 30.5 Å². The van der Waals surface area contributed by atoms with Crippen LogP contribution in [0.2, 0.25) is 0 Å². The average molecular weight is 249 g/mol. The van der Waals surface area contributed by atoms with Gasteiger partial charge in [0.2, 0.25) is 0 Å². The van der Waals surface area contributed by atoms with Crippen LogP contribution >= 0.6 is 0 Å². The molecule has 0 saturated heterocycles. The highest BCUT2D eigenvalue weighted by Crippen LogP contribution is 2.50. The normalized spacial score (nSPS) is 24.2. The van der Waals surface area contributed by atoms with Crippen molar-refractivity contribution in [3.63, 3.8) is 0 Å². The standard InChI is InChI=1S/C14H19NO3/c1-7-4-9-11(6-15)12-10(5-8(2)17-12)13(16-3)14(9)18-7/h7-8H,4-6,15H2,1-3H3. The largest absolute Gasteiger partial charge is 0.492 e. The number of ether oxygens (including phenoxy) is 3. The molecule has 2 aliphatic rings. The quantitative estimate of drug-likeness (QED) is 0.868. The van der Waals surface area contributed by atoms with Crippen LogP contribution in [0.5, 0.6) is 17.2 Å². The third-order valence-corrected chi connectivity index (χ3v) is 3.70. The molecule has 3 rings (SSSR count). The summed E-state index contributed by atoms with van der Waals surface area (Å²) in [6, 6.07) is 0. The first-order valence-electron chi connectivity index (χ1n) is 6.43. The Morgan fingerprint density at radius 2 is 1.72 bits per heavy atom. The van der Waals surface area contributed by atoms with Crippen LogP contribution < -0.4 is 19.9 Å². The van der Waals surface area contributed by atoms with Crippen LogP contribution in [0.25, 0.3) is 0 Å². The first kappa shape index (κ1) is 11.7. The zero-order valence-corrected chi connectivity index (χ0v) is 11.1. The Labute approximate surface area is 107 Å². The molecule has 4 nitrogen and oxygen atoms in total. The second-order valence-electron chi connectivity index (χ2n) is 5.10. The fourth-order valence-electron chi connectivity index (χ4n) is 2.99.